The number of hydrogen-bond acceptors (Lipinski definition) is 3. The summed E-state index contributed by atoms with van der Waals surface area (Å²) in [6.07, 6.45) is 0. The Kier molecular flexibility index (Phi) is 4.80. The summed E-state index contributed by atoms with van der Waals surface area (Å²) in [6, 6.07) is 5.11. The summed E-state index contributed by atoms with van der Waals surface area (Å²) >= 11 is 3.32. The van der Waals surface area contributed by atoms with Crippen molar-refractivity contribution in [3.8, 4) is 5.75 Å². The van der Waals surface area contributed by atoms with E-state index in [0.717, 1.165) is 4.47 Å². The number of halogens is 1. The fourth-order valence-corrected chi connectivity index (χ4v) is 1.66. The van der Waals surface area contributed by atoms with Crippen molar-refractivity contribution in [1.29, 1.82) is 0 Å². The molecule has 0 aromatic heterocycles. The van der Waals surface area contributed by atoms with E-state index < -0.39 is 0 Å². The second-order valence-corrected chi connectivity index (χ2v) is 4.70. The fourth-order valence-electron chi connectivity index (χ4n) is 1.12. The molecule has 0 spiro atoms. The van der Waals surface area contributed by atoms with Crippen LogP contribution in [0.25, 0.3) is 0 Å². The standard InChI is InChI=1S/C12H15BrO3/c1-8(2)7-16-12(14)9-4-5-11(15-3)10(13)6-9/h4-6,8H,7H2,1-3H3. The van der Waals surface area contributed by atoms with Crippen LogP contribution in [0.3, 0.4) is 0 Å². The lowest BCUT2D eigenvalue weighted by Crippen LogP contribution is -2.10. The van der Waals surface area contributed by atoms with Gasteiger partial charge in [-0.2, -0.15) is 0 Å². The van der Waals surface area contributed by atoms with Crippen LogP contribution in [0, 0.1) is 5.92 Å². The fraction of sp³-hybridized carbons (Fsp3) is 0.417. The molecule has 16 heavy (non-hydrogen) atoms. The van der Waals surface area contributed by atoms with Crippen LogP contribution in [0.15, 0.2) is 22.7 Å². The van der Waals surface area contributed by atoms with Crippen molar-refractivity contribution in [2.75, 3.05) is 13.7 Å². The quantitative estimate of drug-likeness (QED) is 0.797. The molecule has 88 valence electrons. The van der Waals surface area contributed by atoms with Crippen molar-refractivity contribution in [2.24, 2.45) is 5.92 Å². The van der Waals surface area contributed by atoms with Crippen molar-refractivity contribution >= 4 is 21.9 Å². The van der Waals surface area contributed by atoms with Crippen LogP contribution in [0.2, 0.25) is 0 Å². The number of carbonyl (C=O) groups is 1. The minimum atomic E-state index is -0.308. The lowest BCUT2D eigenvalue weighted by molar-refractivity contribution is 0.0459. The summed E-state index contributed by atoms with van der Waals surface area (Å²) in [5.74, 6) is 0.725. The molecule has 0 heterocycles. The van der Waals surface area contributed by atoms with Gasteiger partial charge < -0.3 is 9.47 Å². The lowest BCUT2D eigenvalue weighted by Gasteiger charge is -2.08. The number of hydrogen-bond donors (Lipinski definition) is 0. The van der Waals surface area contributed by atoms with Gasteiger partial charge in [0.2, 0.25) is 0 Å². The van der Waals surface area contributed by atoms with E-state index in [2.05, 4.69) is 15.9 Å². The minimum Gasteiger partial charge on any atom is -0.496 e. The lowest BCUT2D eigenvalue weighted by atomic mass is 10.2. The molecule has 0 aliphatic carbocycles. The Balaban J connectivity index is 2.73. The van der Waals surface area contributed by atoms with Gasteiger partial charge in [0.05, 0.1) is 23.8 Å². The molecule has 0 radical (unpaired) electrons. The van der Waals surface area contributed by atoms with Gasteiger partial charge in [0.15, 0.2) is 0 Å². The zero-order chi connectivity index (χ0) is 12.1. The van der Waals surface area contributed by atoms with Gasteiger partial charge >= 0.3 is 5.97 Å². The van der Waals surface area contributed by atoms with E-state index >= 15 is 0 Å². The molecular formula is C12H15BrO3. The number of ether oxygens (including phenoxy) is 2. The van der Waals surface area contributed by atoms with Crippen LogP contribution in [-0.4, -0.2) is 19.7 Å². The number of benzene rings is 1. The molecule has 0 fully saturated rings. The van der Waals surface area contributed by atoms with Gasteiger partial charge in [0.1, 0.15) is 5.75 Å². The average molecular weight is 287 g/mol. The Morgan fingerprint density at radius 1 is 1.44 bits per heavy atom. The molecule has 0 unspecified atom stereocenters. The number of methoxy groups -OCH3 is 1. The molecule has 1 aromatic rings. The zero-order valence-corrected chi connectivity index (χ0v) is 11.2. The van der Waals surface area contributed by atoms with Crippen molar-refractivity contribution in [2.45, 2.75) is 13.8 Å². The van der Waals surface area contributed by atoms with Crippen molar-refractivity contribution < 1.29 is 14.3 Å². The number of rotatable bonds is 4. The molecular weight excluding hydrogens is 272 g/mol. The summed E-state index contributed by atoms with van der Waals surface area (Å²) in [7, 11) is 1.58. The largest absolute Gasteiger partial charge is 0.496 e. The summed E-state index contributed by atoms with van der Waals surface area (Å²) in [5, 5.41) is 0. The highest BCUT2D eigenvalue weighted by molar-refractivity contribution is 9.10. The SMILES string of the molecule is COc1ccc(C(=O)OCC(C)C)cc1Br. The second kappa shape index (κ2) is 5.89. The van der Waals surface area contributed by atoms with E-state index in [9.17, 15) is 4.79 Å². The highest BCUT2D eigenvalue weighted by Gasteiger charge is 2.10. The summed E-state index contributed by atoms with van der Waals surface area (Å²) < 4.78 is 10.9. The van der Waals surface area contributed by atoms with Gasteiger partial charge in [-0.3, -0.25) is 0 Å². The first kappa shape index (κ1) is 13.0. The Morgan fingerprint density at radius 2 is 2.12 bits per heavy atom. The Bertz CT molecular complexity index is 375. The molecule has 0 bridgehead atoms. The van der Waals surface area contributed by atoms with Crippen molar-refractivity contribution in [3.63, 3.8) is 0 Å². The Hall–Kier alpha value is -1.03. The van der Waals surface area contributed by atoms with E-state index in [1.54, 1.807) is 25.3 Å². The maximum atomic E-state index is 11.6. The Morgan fingerprint density at radius 3 is 2.62 bits per heavy atom. The summed E-state index contributed by atoms with van der Waals surface area (Å²) in [4.78, 5) is 11.6. The van der Waals surface area contributed by atoms with E-state index in [1.165, 1.54) is 0 Å². The highest BCUT2D eigenvalue weighted by Crippen LogP contribution is 2.25. The summed E-state index contributed by atoms with van der Waals surface area (Å²) in [5.41, 5.74) is 0.522. The molecule has 0 aliphatic rings. The monoisotopic (exact) mass is 286 g/mol. The smallest absolute Gasteiger partial charge is 0.338 e. The number of esters is 1. The van der Waals surface area contributed by atoms with E-state index in [4.69, 9.17) is 9.47 Å². The van der Waals surface area contributed by atoms with Crippen LogP contribution in [0.5, 0.6) is 5.75 Å². The highest BCUT2D eigenvalue weighted by atomic mass is 79.9. The molecule has 3 nitrogen and oxygen atoms in total. The molecule has 0 N–H and O–H groups in total. The minimum absolute atomic E-state index is 0.308. The normalized spacial score (nSPS) is 10.3. The molecule has 0 aliphatic heterocycles. The first-order chi connectivity index (χ1) is 7.54. The van der Waals surface area contributed by atoms with Gasteiger partial charge in [-0.25, -0.2) is 4.79 Å². The van der Waals surface area contributed by atoms with Gasteiger partial charge in [-0.1, -0.05) is 13.8 Å². The van der Waals surface area contributed by atoms with Crippen LogP contribution in [0.1, 0.15) is 24.2 Å². The van der Waals surface area contributed by atoms with E-state index in [-0.39, 0.29) is 5.97 Å². The topological polar surface area (TPSA) is 35.5 Å². The number of carbonyl (C=O) groups excluding carboxylic acids is 1. The first-order valence-corrected chi connectivity index (χ1v) is 5.84. The third-order valence-corrected chi connectivity index (χ3v) is 2.55. The maximum absolute atomic E-state index is 11.6. The average Bonchev–Trinajstić information content (AvgIpc) is 2.25. The molecule has 0 amide bonds. The second-order valence-electron chi connectivity index (χ2n) is 3.84. The summed E-state index contributed by atoms with van der Waals surface area (Å²) in [6.45, 7) is 4.43. The predicted molar refractivity (Wildman–Crippen MR) is 65.8 cm³/mol. The molecule has 0 saturated carbocycles. The van der Waals surface area contributed by atoms with Gasteiger partial charge in [-0.05, 0) is 40.0 Å². The van der Waals surface area contributed by atoms with Crippen LogP contribution >= 0.6 is 15.9 Å². The zero-order valence-electron chi connectivity index (χ0n) is 9.62. The van der Waals surface area contributed by atoms with Gasteiger partial charge in [-0.15, -0.1) is 0 Å². The van der Waals surface area contributed by atoms with Gasteiger partial charge in [0, 0.05) is 0 Å². The van der Waals surface area contributed by atoms with Crippen LogP contribution < -0.4 is 4.74 Å². The molecule has 1 rings (SSSR count). The molecule has 4 heteroatoms. The predicted octanol–water partition coefficient (Wildman–Crippen LogP) is 3.27. The van der Waals surface area contributed by atoms with Crippen molar-refractivity contribution in [1.82, 2.24) is 0 Å². The van der Waals surface area contributed by atoms with Crippen molar-refractivity contribution in [3.05, 3.63) is 28.2 Å². The maximum Gasteiger partial charge on any atom is 0.338 e. The molecule has 0 atom stereocenters. The van der Waals surface area contributed by atoms with E-state index in [1.807, 2.05) is 13.8 Å². The van der Waals surface area contributed by atoms with E-state index in [0.29, 0.717) is 23.8 Å². The van der Waals surface area contributed by atoms with Gasteiger partial charge in [0.25, 0.3) is 0 Å². The van der Waals surface area contributed by atoms with Crippen LogP contribution in [-0.2, 0) is 4.74 Å². The Labute approximate surface area is 104 Å². The molecule has 0 saturated heterocycles. The van der Waals surface area contributed by atoms with Crippen LogP contribution in [0.4, 0.5) is 0 Å². The third kappa shape index (κ3) is 3.52. The third-order valence-electron chi connectivity index (χ3n) is 1.94. The first-order valence-electron chi connectivity index (χ1n) is 5.05. The molecule has 1 aromatic carbocycles.